The molecule has 28 heavy (non-hydrogen) atoms. The first kappa shape index (κ1) is 19.2. The van der Waals surface area contributed by atoms with E-state index < -0.39 is 17.9 Å². The van der Waals surface area contributed by atoms with Crippen molar-refractivity contribution in [1.82, 2.24) is 9.97 Å². The number of hydrogen-bond acceptors (Lipinski definition) is 8. The van der Waals surface area contributed by atoms with Crippen LogP contribution in [-0.4, -0.2) is 55.8 Å². The Labute approximate surface area is 159 Å². The second-order valence-electron chi connectivity index (χ2n) is 5.71. The minimum absolute atomic E-state index is 0.0424. The Balaban J connectivity index is 2.42. The van der Waals surface area contributed by atoms with Gasteiger partial charge in [0.05, 0.1) is 39.0 Å². The molecule has 0 saturated heterocycles. The van der Waals surface area contributed by atoms with Gasteiger partial charge < -0.3 is 23.9 Å². The first-order valence-electron chi connectivity index (χ1n) is 8.33. The second kappa shape index (κ2) is 7.55. The molecule has 3 rings (SSSR count). The molecule has 1 N–H and O–H groups in total. The maximum absolute atomic E-state index is 12.3. The van der Waals surface area contributed by atoms with Crippen molar-refractivity contribution in [2.45, 2.75) is 6.92 Å². The lowest BCUT2D eigenvalue weighted by atomic mass is 10.0. The molecule has 0 aliphatic rings. The summed E-state index contributed by atoms with van der Waals surface area (Å²) in [6, 6.07) is 4.44. The average Bonchev–Trinajstić information content (AvgIpc) is 3.17. The fourth-order valence-corrected chi connectivity index (χ4v) is 2.92. The fraction of sp³-hybridized carbons (Fsp3) is 0.263. The Morgan fingerprint density at radius 1 is 0.964 bits per heavy atom. The van der Waals surface area contributed by atoms with Gasteiger partial charge in [-0.2, -0.15) is 0 Å². The van der Waals surface area contributed by atoms with Gasteiger partial charge in [0.2, 0.25) is 0 Å². The highest BCUT2D eigenvalue weighted by Gasteiger charge is 2.22. The number of nitrogens with zero attached hydrogens (tertiary/aromatic N) is 1. The van der Waals surface area contributed by atoms with E-state index >= 15 is 0 Å². The molecule has 0 radical (unpaired) electrons. The summed E-state index contributed by atoms with van der Waals surface area (Å²) in [5, 5.41) is 0.917. The number of carbonyl (C=O) groups excluding carboxylic acids is 3. The highest BCUT2D eigenvalue weighted by Crippen LogP contribution is 2.35. The second-order valence-corrected chi connectivity index (χ2v) is 5.71. The van der Waals surface area contributed by atoms with E-state index in [1.807, 2.05) is 0 Å². The van der Waals surface area contributed by atoms with Crippen LogP contribution in [0, 0.1) is 0 Å². The van der Waals surface area contributed by atoms with Gasteiger partial charge in [0.25, 0.3) is 0 Å². The van der Waals surface area contributed by atoms with Gasteiger partial charge >= 0.3 is 17.9 Å². The quantitative estimate of drug-likeness (QED) is 0.525. The number of aromatic nitrogens is 2. The number of ether oxygens (including phenoxy) is 4. The zero-order chi connectivity index (χ0) is 20.4. The van der Waals surface area contributed by atoms with Crippen LogP contribution in [0.1, 0.15) is 38.3 Å². The Bertz CT molecular complexity index is 1100. The summed E-state index contributed by atoms with van der Waals surface area (Å²) in [4.78, 5) is 43.7. The largest absolute Gasteiger partial charge is 0.494 e. The first-order chi connectivity index (χ1) is 13.4. The van der Waals surface area contributed by atoms with E-state index in [9.17, 15) is 14.4 Å². The predicted molar refractivity (Wildman–Crippen MR) is 98.8 cm³/mol. The van der Waals surface area contributed by atoms with Crippen molar-refractivity contribution in [1.29, 1.82) is 0 Å². The predicted octanol–water partition coefficient (Wildman–Crippen LogP) is 2.47. The molecular formula is C19H18N2O7. The normalized spacial score (nSPS) is 10.7. The maximum Gasteiger partial charge on any atom is 0.356 e. The minimum atomic E-state index is -0.666. The van der Waals surface area contributed by atoms with Crippen LogP contribution in [0.25, 0.3) is 21.8 Å². The number of rotatable bonds is 5. The van der Waals surface area contributed by atoms with Gasteiger partial charge in [-0.15, -0.1) is 0 Å². The molecule has 0 unspecified atom stereocenters. The van der Waals surface area contributed by atoms with Crippen molar-refractivity contribution in [3.63, 3.8) is 0 Å². The lowest BCUT2D eigenvalue weighted by Crippen LogP contribution is -2.10. The molecule has 3 aromatic rings. The fourth-order valence-electron chi connectivity index (χ4n) is 2.92. The molecule has 0 amide bonds. The topological polar surface area (TPSA) is 117 Å². The number of pyridine rings is 1. The number of H-pyrrole nitrogens is 1. The third-order valence-corrected chi connectivity index (χ3v) is 4.17. The summed E-state index contributed by atoms with van der Waals surface area (Å²) in [6.45, 7) is 1.89. The van der Waals surface area contributed by atoms with E-state index in [0.717, 1.165) is 0 Å². The molecule has 0 saturated carbocycles. The summed E-state index contributed by atoms with van der Waals surface area (Å²) in [6.07, 6.45) is 0. The number of methoxy groups -OCH3 is 3. The van der Waals surface area contributed by atoms with Crippen LogP contribution in [-0.2, 0) is 14.2 Å². The maximum atomic E-state index is 12.3. The number of esters is 3. The number of aromatic amines is 1. The first-order valence-corrected chi connectivity index (χ1v) is 8.33. The average molecular weight is 386 g/mol. The van der Waals surface area contributed by atoms with Gasteiger partial charge in [0.1, 0.15) is 22.7 Å². The molecule has 2 aromatic heterocycles. The Morgan fingerprint density at radius 3 is 2.29 bits per heavy atom. The van der Waals surface area contributed by atoms with Gasteiger partial charge in [-0.05, 0) is 25.1 Å². The van der Waals surface area contributed by atoms with Crippen molar-refractivity contribution in [2.24, 2.45) is 0 Å². The smallest absolute Gasteiger partial charge is 0.356 e. The number of benzene rings is 1. The lowest BCUT2D eigenvalue weighted by Gasteiger charge is -2.11. The molecule has 9 heteroatoms. The molecule has 146 valence electrons. The molecular weight excluding hydrogens is 368 g/mol. The van der Waals surface area contributed by atoms with E-state index in [0.29, 0.717) is 27.6 Å². The van der Waals surface area contributed by atoms with E-state index in [1.165, 1.54) is 33.5 Å². The van der Waals surface area contributed by atoms with Crippen LogP contribution in [0.4, 0.5) is 0 Å². The van der Waals surface area contributed by atoms with Crippen molar-refractivity contribution in [3.05, 3.63) is 35.2 Å². The zero-order valence-electron chi connectivity index (χ0n) is 15.7. The van der Waals surface area contributed by atoms with Crippen LogP contribution >= 0.6 is 0 Å². The van der Waals surface area contributed by atoms with Crippen molar-refractivity contribution < 1.29 is 33.3 Å². The van der Waals surface area contributed by atoms with Crippen molar-refractivity contribution in [2.75, 3.05) is 27.9 Å². The molecule has 0 atom stereocenters. The van der Waals surface area contributed by atoms with Gasteiger partial charge in [-0.25, -0.2) is 19.4 Å². The van der Waals surface area contributed by atoms with E-state index in [1.54, 1.807) is 13.0 Å². The van der Waals surface area contributed by atoms with Gasteiger partial charge in [0, 0.05) is 10.8 Å². The van der Waals surface area contributed by atoms with E-state index in [-0.39, 0.29) is 23.6 Å². The molecule has 0 spiro atoms. The Hall–Kier alpha value is -3.62. The minimum Gasteiger partial charge on any atom is -0.494 e. The van der Waals surface area contributed by atoms with E-state index in [4.69, 9.17) is 18.9 Å². The van der Waals surface area contributed by atoms with E-state index in [2.05, 4.69) is 9.97 Å². The highest BCUT2D eigenvalue weighted by atomic mass is 16.5. The number of nitrogens with one attached hydrogen (secondary N) is 1. The van der Waals surface area contributed by atoms with Crippen LogP contribution in [0.5, 0.6) is 5.75 Å². The third-order valence-electron chi connectivity index (χ3n) is 4.17. The molecule has 0 aliphatic carbocycles. The third kappa shape index (κ3) is 3.11. The SMILES string of the molecule is CCOC(=O)c1cc2c(n1)c(OC)cc1c(C(=O)OC)cc(C(=O)OC)[nH]c12. The number of fused-ring (bicyclic) bond motifs is 3. The Morgan fingerprint density at radius 2 is 1.68 bits per heavy atom. The van der Waals surface area contributed by atoms with Gasteiger partial charge in [-0.3, -0.25) is 0 Å². The van der Waals surface area contributed by atoms with Crippen molar-refractivity contribution >= 4 is 39.7 Å². The van der Waals surface area contributed by atoms with Crippen molar-refractivity contribution in [3.8, 4) is 5.75 Å². The van der Waals surface area contributed by atoms with Crippen LogP contribution in [0.15, 0.2) is 18.2 Å². The molecule has 2 heterocycles. The summed E-state index contributed by atoms with van der Waals surface area (Å²) in [5.41, 5.74) is 1.05. The zero-order valence-corrected chi connectivity index (χ0v) is 15.7. The summed E-state index contributed by atoms with van der Waals surface area (Å²) in [7, 11) is 3.91. The lowest BCUT2D eigenvalue weighted by molar-refractivity contribution is 0.0518. The van der Waals surface area contributed by atoms with Gasteiger partial charge in [0.15, 0.2) is 0 Å². The van der Waals surface area contributed by atoms with Crippen LogP contribution in [0.3, 0.4) is 0 Å². The standard InChI is InChI=1S/C19H18N2O7/c1-5-28-19(24)13-7-11-15-9(8-14(25-2)16(11)21-13)10(17(22)26-3)6-12(20-15)18(23)27-4/h6-8,20H,5H2,1-4H3. The summed E-state index contributed by atoms with van der Waals surface area (Å²) < 4.78 is 20.0. The van der Waals surface area contributed by atoms with Crippen LogP contribution in [0.2, 0.25) is 0 Å². The molecule has 0 aliphatic heterocycles. The summed E-state index contributed by atoms with van der Waals surface area (Å²) >= 11 is 0. The van der Waals surface area contributed by atoms with Gasteiger partial charge in [-0.1, -0.05) is 0 Å². The molecule has 9 nitrogen and oxygen atoms in total. The summed E-state index contributed by atoms with van der Waals surface area (Å²) in [5.74, 6) is -1.55. The van der Waals surface area contributed by atoms with Crippen LogP contribution < -0.4 is 4.74 Å². The Kier molecular flexibility index (Phi) is 5.16. The highest BCUT2D eigenvalue weighted by molar-refractivity contribution is 6.16. The monoisotopic (exact) mass is 386 g/mol. The number of carbonyl (C=O) groups is 3. The molecule has 0 bridgehead atoms. The number of hydrogen-bond donors (Lipinski definition) is 1. The molecule has 1 aromatic carbocycles. The molecule has 0 fully saturated rings.